The van der Waals surface area contributed by atoms with Crippen molar-refractivity contribution in [2.24, 2.45) is 0 Å². The van der Waals surface area contributed by atoms with Crippen LogP contribution in [0.15, 0.2) is 27.5 Å². The van der Waals surface area contributed by atoms with E-state index in [1.165, 1.54) is 15.9 Å². The molecule has 3 aromatic heterocycles. The molecule has 0 aliphatic carbocycles. The second-order valence-electron chi connectivity index (χ2n) is 4.90. The van der Waals surface area contributed by atoms with Gasteiger partial charge in [0.2, 0.25) is 16.7 Å². The Morgan fingerprint density at radius 2 is 2.33 bits per heavy atom. The molecule has 0 aliphatic rings. The minimum absolute atomic E-state index is 0.142. The van der Waals surface area contributed by atoms with Gasteiger partial charge in [-0.05, 0) is 42.2 Å². The monoisotopic (exact) mass is 380 g/mol. The molecule has 0 atom stereocenters. The first-order chi connectivity index (χ1) is 11.4. The van der Waals surface area contributed by atoms with Gasteiger partial charge in [-0.1, -0.05) is 6.08 Å². The summed E-state index contributed by atoms with van der Waals surface area (Å²) >= 11 is 7.73. The number of nitrogens with zero attached hydrogens (tertiary/aromatic N) is 2. The Balaban J connectivity index is 1.83. The van der Waals surface area contributed by atoms with Crippen LogP contribution in [0.1, 0.15) is 17.7 Å². The van der Waals surface area contributed by atoms with Crippen molar-refractivity contribution in [3.8, 4) is 5.88 Å². The molecule has 3 aromatic rings. The molecule has 0 aliphatic heterocycles. The van der Waals surface area contributed by atoms with Crippen LogP contribution in [0.25, 0.3) is 22.6 Å². The smallest absolute Gasteiger partial charge is 0.323 e. The lowest BCUT2D eigenvalue weighted by atomic mass is 10.2. The average molecular weight is 380 g/mol. The van der Waals surface area contributed by atoms with E-state index in [1.54, 1.807) is 18.2 Å². The summed E-state index contributed by atoms with van der Waals surface area (Å²) in [5.74, 6) is -0.697. The van der Waals surface area contributed by atoms with Gasteiger partial charge in [0.15, 0.2) is 3.95 Å². The summed E-state index contributed by atoms with van der Waals surface area (Å²) in [7, 11) is 0. The van der Waals surface area contributed by atoms with E-state index in [9.17, 15) is 9.90 Å². The molecule has 0 radical (unpaired) electrons. The molecule has 24 heavy (non-hydrogen) atoms. The average Bonchev–Trinajstić information content (AvgIpc) is 3.15. The second kappa shape index (κ2) is 6.71. The summed E-state index contributed by atoms with van der Waals surface area (Å²) in [6, 6.07) is 1.89. The summed E-state index contributed by atoms with van der Waals surface area (Å²) in [4.78, 5) is 16.4. The summed E-state index contributed by atoms with van der Waals surface area (Å²) in [5.41, 5.74) is 1.66. The predicted molar refractivity (Wildman–Crippen MR) is 97.0 cm³/mol. The van der Waals surface area contributed by atoms with Gasteiger partial charge in [-0.2, -0.15) is 0 Å². The minimum atomic E-state index is -1.06. The first-order valence-corrected chi connectivity index (χ1v) is 8.89. The molecular formula is C15H12N2O4S3. The predicted octanol–water partition coefficient (Wildman–Crippen LogP) is 4.39. The maximum Gasteiger partial charge on any atom is 0.323 e. The zero-order chi connectivity index (χ0) is 17.3. The molecule has 6 nitrogen and oxygen atoms in total. The largest absolute Gasteiger partial charge is 0.493 e. The molecule has 0 amide bonds. The Morgan fingerprint density at radius 3 is 3.04 bits per heavy atom. The number of aromatic hydroxyl groups is 1. The number of oxazole rings is 1. The zero-order valence-corrected chi connectivity index (χ0v) is 14.9. The van der Waals surface area contributed by atoms with Gasteiger partial charge in [-0.15, -0.1) is 22.7 Å². The van der Waals surface area contributed by atoms with Gasteiger partial charge < -0.3 is 14.6 Å². The number of thiophene rings is 1. The van der Waals surface area contributed by atoms with Gasteiger partial charge in [0.25, 0.3) is 0 Å². The van der Waals surface area contributed by atoms with Crippen LogP contribution in [0.4, 0.5) is 0 Å². The molecule has 0 aromatic carbocycles. The topological polar surface area (TPSA) is 88.5 Å². The maximum atomic E-state index is 10.8. The Morgan fingerprint density at radius 1 is 1.54 bits per heavy atom. The van der Waals surface area contributed by atoms with Crippen LogP contribution in [0.2, 0.25) is 0 Å². The molecule has 3 rings (SSSR count). The molecule has 3 heterocycles. The normalized spacial score (nSPS) is 12.5. The molecular weight excluding hydrogens is 368 g/mol. The van der Waals surface area contributed by atoms with E-state index in [2.05, 4.69) is 4.98 Å². The minimum Gasteiger partial charge on any atom is -0.493 e. The number of hydrogen-bond donors (Lipinski definition) is 2. The molecule has 0 spiro atoms. The van der Waals surface area contributed by atoms with Crippen molar-refractivity contribution >= 4 is 63.4 Å². The molecule has 0 bridgehead atoms. The Kier molecular flexibility index (Phi) is 4.65. The van der Waals surface area contributed by atoms with Crippen LogP contribution < -0.4 is 0 Å². The number of carbonyl (C=O) groups is 1. The van der Waals surface area contributed by atoms with E-state index >= 15 is 0 Å². The lowest BCUT2D eigenvalue weighted by Crippen LogP contribution is -2.07. The van der Waals surface area contributed by atoms with Crippen molar-refractivity contribution in [2.75, 3.05) is 0 Å². The first-order valence-electron chi connectivity index (χ1n) is 6.79. The Hall–Kier alpha value is -2.23. The second-order valence-corrected chi connectivity index (χ2v) is 7.46. The van der Waals surface area contributed by atoms with E-state index in [0.29, 0.717) is 14.7 Å². The van der Waals surface area contributed by atoms with E-state index in [4.69, 9.17) is 21.7 Å². The number of aromatic nitrogens is 2. The van der Waals surface area contributed by atoms with Crippen molar-refractivity contribution in [3.63, 3.8) is 0 Å². The highest BCUT2D eigenvalue weighted by molar-refractivity contribution is 7.73. The number of hydrogen-bond acceptors (Lipinski definition) is 7. The fraction of sp³-hybridized carbons (Fsp3) is 0.133. The van der Waals surface area contributed by atoms with Gasteiger partial charge in [-0.25, -0.2) is 4.98 Å². The summed E-state index contributed by atoms with van der Waals surface area (Å²) in [6.07, 6.45) is 5.28. The molecule has 2 N–H and O–H groups in total. The number of rotatable bonds is 5. The van der Waals surface area contributed by atoms with Crippen molar-refractivity contribution in [1.29, 1.82) is 0 Å². The third-order valence-electron chi connectivity index (χ3n) is 3.07. The number of carboxylic acid groups (broad SMARTS) is 1. The molecule has 0 saturated carbocycles. The third kappa shape index (κ3) is 3.48. The van der Waals surface area contributed by atoms with Crippen molar-refractivity contribution in [1.82, 2.24) is 9.55 Å². The van der Waals surface area contributed by atoms with Gasteiger partial charge in [0.05, 0.1) is 4.88 Å². The van der Waals surface area contributed by atoms with Gasteiger partial charge in [-0.3, -0.25) is 9.36 Å². The van der Waals surface area contributed by atoms with E-state index in [-0.39, 0.29) is 12.4 Å². The SMILES string of the molecule is CC(C=Cc1nc2ccsc2o1)=Cc1sc(=S)n(CC(=O)O)c1O. The summed E-state index contributed by atoms with van der Waals surface area (Å²) < 4.78 is 7.06. The Labute approximate surface area is 149 Å². The number of allylic oxidation sites excluding steroid dienone is 2. The van der Waals surface area contributed by atoms with E-state index < -0.39 is 5.97 Å². The van der Waals surface area contributed by atoms with Crippen molar-refractivity contribution in [2.45, 2.75) is 13.5 Å². The highest BCUT2D eigenvalue weighted by Crippen LogP contribution is 2.29. The third-order valence-corrected chi connectivity index (χ3v) is 5.24. The lowest BCUT2D eigenvalue weighted by molar-refractivity contribution is -0.137. The quantitative estimate of drug-likeness (QED) is 0.504. The maximum absolute atomic E-state index is 10.8. The van der Waals surface area contributed by atoms with E-state index in [1.807, 2.05) is 18.4 Å². The van der Waals surface area contributed by atoms with Crippen LogP contribution in [-0.2, 0) is 11.3 Å². The standard InChI is InChI=1S/C15H12N2O4S3/c1-8(2-3-11-16-9-4-5-23-14(9)21-11)6-10-13(20)17(7-12(18)19)15(22)24-10/h2-6,20H,7H2,1H3,(H,18,19). The van der Waals surface area contributed by atoms with E-state index in [0.717, 1.165) is 27.3 Å². The van der Waals surface area contributed by atoms with Gasteiger partial charge >= 0.3 is 5.97 Å². The summed E-state index contributed by atoms with van der Waals surface area (Å²) in [6.45, 7) is 1.49. The van der Waals surface area contributed by atoms with Crippen LogP contribution in [0.3, 0.4) is 0 Å². The molecule has 0 unspecified atom stereocenters. The highest BCUT2D eigenvalue weighted by Gasteiger charge is 2.12. The van der Waals surface area contributed by atoms with Gasteiger partial charge in [0, 0.05) is 6.08 Å². The van der Waals surface area contributed by atoms with Crippen molar-refractivity contribution < 1.29 is 19.4 Å². The lowest BCUT2D eigenvalue weighted by Gasteiger charge is -1.99. The number of thiazole rings is 1. The Bertz CT molecular complexity index is 991. The fourth-order valence-corrected chi connectivity index (χ4v) is 4.00. The molecule has 9 heteroatoms. The fourth-order valence-electron chi connectivity index (χ4n) is 2.00. The van der Waals surface area contributed by atoms with Crippen LogP contribution in [-0.4, -0.2) is 25.7 Å². The summed E-state index contributed by atoms with van der Waals surface area (Å²) in [5, 5.41) is 20.9. The van der Waals surface area contributed by atoms with Gasteiger partial charge in [0.1, 0.15) is 12.1 Å². The number of aliphatic carboxylic acids is 1. The number of carboxylic acids is 1. The zero-order valence-electron chi connectivity index (χ0n) is 12.4. The first kappa shape index (κ1) is 16.6. The molecule has 0 fully saturated rings. The molecule has 124 valence electrons. The highest BCUT2D eigenvalue weighted by atomic mass is 32.1. The number of fused-ring (bicyclic) bond motifs is 1. The molecule has 0 saturated heterocycles. The van der Waals surface area contributed by atoms with Crippen LogP contribution in [0, 0.1) is 3.95 Å². The van der Waals surface area contributed by atoms with Crippen LogP contribution in [0.5, 0.6) is 5.88 Å². The van der Waals surface area contributed by atoms with Crippen molar-refractivity contribution in [3.05, 3.63) is 37.8 Å². The van der Waals surface area contributed by atoms with Crippen LogP contribution >= 0.6 is 34.9 Å².